The Labute approximate surface area is 67.0 Å². The lowest BCUT2D eigenvalue weighted by Gasteiger charge is -2.09. The van der Waals surface area contributed by atoms with E-state index < -0.39 is 0 Å². The molecule has 0 aliphatic rings. The van der Waals surface area contributed by atoms with Crippen LogP contribution in [0.5, 0.6) is 0 Å². The van der Waals surface area contributed by atoms with Crippen LogP contribution in [-0.2, 0) is 6.54 Å². The zero-order valence-corrected chi connectivity index (χ0v) is 7.29. The van der Waals surface area contributed by atoms with E-state index >= 15 is 0 Å². The number of nitrogens with zero attached hydrogens (tertiary/aromatic N) is 2. The average molecular weight is 154 g/mol. The smallest absolute Gasteiger partial charge is 0.150 e. The molecule has 3 nitrogen and oxygen atoms in total. The molecule has 1 aromatic heterocycles. The minimum absolute atomic E-state index is 0.845. The fraction of sp³-hybridized carbons (Fsp3) is 0.625. The van der Waals surface area contributed by atoms with Gasteiger partial charge in [-0.1, -0.05) is 12.1 Å². The predicted molar refractivity (Wildman–Crippen MR) is 43.2 cm³/mol. The molecule has 0 aliphatic carbocycles. The Hall–Kier alpha value is -0.830. The third-order valence-electron chi connectivity index (χ3n) is 1.64. The van der Waals surface area contributed by atoms with Gasteiger partial charge in [-0.05, 0) is 20.5 Å². The number of aryl methyl sites for hydroxylation is 1. The molecule has 0 aromatic carbocycles. The highest BCUT2D eigenvalue weighted by atomic mass is 16.5. The molecule has 0 fully saturated rings. The first kappa shape index (κ1) is 8.27. The van der Waals surface area contributed by atoms with Crippen LogP contribution in [0.2, 0.25) is 0 Å². The van der Waals surface area contributed by atoms with E-state index in [0.717, 1.165) is 24.5 Å². The van der Waals surface area contributed by atoms with Crippen LogP contribution in [0.3, 0.4) is 0 Å². The number of aromatic nitrogens is 1. The van der Waals surface area contributed by atoms with Gasteiger partial charge in [0.1, 0.15) is 0 Å². The molecule has 0 atom stereocenters. The fourth-order valence-corrected chi connectivity index (χ4v) is 0.869. The highest BCUT2D eigenvalue weighted by molar-refractivity contribution is 5.02. The van der Waals surface area contributed by atoms with Gasteiger partial charge in [0.05, 0.1) is 12.2 Å². The maximum atomic E-state index is 5.05. The molecule has 0 aliphatic heterocycles. The van der Waals surface area contributed by atoms with Crippen molar-refractivity contribution in [1.29, 1.82) is 0 Å². The van der Waals surface area contributed by atoms with Crippen LogP contribution in [0.1, 0.15) is 18.4 Å². The van der Waals surface area contributed by atoms with E-state index in [9.17, 15) is 0 Å². The number of rotatable bonds is 3. The van der Waals surface area contributed by atoms with Gasteiger partial charge < -0.3 is 4.52 Å². The van der Waals surface area contributed by atoms with Crippen molar-refractivity contribution in [3.63, 3.8) is 0 Å². The Bertz CT molecular complexity index is 220. The topological polar surface area (TPSA) is 29.3 Å². The van der Waals surface area contributed by atoms with Gasteiger partial charge in [-0.3, -0.25) is 4.90 Å². The van der Waals surface area contributed by atoms with Crippen LogP contribution < -0.4 is 0 Å². The monoisotopic (exact) mass is 154 g/mol. The molecule has 0 amide bonds. The van der Waals surface area contributed by atoms with E-state index in [2.05, 4.69) is 24.0 Å². The van der Waals surface area contributed by atoms with Crippen LogP contribution in [0.25, 0.3) is 0 Å². The van der Waals surface area contributed by atoms with Crippen LogP contribution in [0, 0.1) is 6.92 Å². The summed E-state index contributed by atoms with van der Waals surface area (Å²) in [5, 5.41) is 3.80. The third-order valence-corrected chi connectivity index (χ3v) is 1.64. The molecule has 0 radical (unpaired) electrons. The van der Waals surface area contributed by atoms with Gasteiger partial charge >= 0.3 is 0 Å². The molecule has 0 N–H and O–H groups in total. The summed E-state index contributed by atoms with van der Waals surface area (Å²) >= 11 is 0. The molecule has 1 heterocycles. The van der Waals surface area contributed by atoms with Crippen molar-refractivity contribution in [2.45, 2.75) is 20.4 Å². The predicted octanol–water partition coefficient (Wildman–Crippen LogP) is 1.43. The van der Waals surface area contributed by atoms with Gasteiger partial charge in [0.2, 0.25) is 0 Å². The van der Waals surface area contributed by atoms with Crippen molar-refractivity contribution in [2.24, 2.45) is 0 Å². The normalized spacial score (nSPS) is 10.9. The lowest BCUT2D eigenvalue weighted by molar-refractivity contribution is 0.282. The third kappa shape index (κ3) is 2.35. The Morgan fingerprint density at radius 3 is 2.82 bits per heavy atom. The first-order valence-electron chi connectivity index (χ1n) is 3.83. The molecule has 0 saturated carbocycles. The summed E-state index contributed by atoms with van der Waals surface area (Å²) in [6.07, 6.45) is 0. The highest BCUT2D eigenvalue weighted by Gasteiger charge is 2.02. The molecule has 0 bridgehead atoms. The summed E-state index contributed by atoms with van der Waals surface area (Å²) < 4.78 is 5.05. The molecule has 0 spiro atoms. The second-order valence-corrected chi connectivity index (χ2v) is 2.77. The lowest BCUT2D eigenvalue weighted by atomic mass is 10.4. The van der Waals surface area contributed by atoms with E-state index in [0.29, 0.717) is 0 Å². The van der Waals surface area contributed by atoms with Crippen molar-refractivity contribution >= 4 is 0 Å². The SMILES string of the molecule is CCN(C)Cc1cc(C)no1. The molecular formula is C8H14N2O. The zero-order valence-electron chi connectivity index (χ0n) is 7.29. The zero-order chi connectivity index (χ0) is 8.27. The number of hydrogen-bond donors (Lipinski definition) is 0. The van der Waals surface area contributed by atoms with Crippen molar-refractivity contribution in [1.82, 2.24) is 10.1 Å². The lowest BCUT2D eigenvalue weighted by Crippen LogP contribution is -2.16. The van der Waals surface area contributed by atoms with Gasteiger partial charge in [-0.2, -0.15) is 0 Å². The molecular weight excluding hydrogens is 140 g/mol. The Balaban J connectivity index is 2.50. The van der Waals surface area contributed by atoms with E-state index in [-0.39, 0.29) is 0 Å². The van der Waals surface area contributed by atoms with Crippen LogP contribution >= 0.6 is 0 Å². The Kier molecular flexibility index (Phi) is 2.65. The van der Waals surface area contributed by atoms with Crippen molar-refractivity contribution in [3.05, 3.63) is 17.5 Å². The van der Waals surface area contributed by atoms with E-state index in [1.807, 2.05) is 13.0 Å². The van der Waals surface area contributed by atoms with Crippen molar-refractivity contribution < 1.29 is 4.52 Å². The number of hydrogen-bond acceptors (Lipinski definition) is 3. The summed E-state index contributed by atoms with van der Waals surface area (Å²) in [4.78, 5) is 2.17. The first-order valence-corrected chi connectivity index (χ1v) is 3.83. The van der Waals surface area contributed by atoms with Gasteiger partial charge in [-0.15, -0.1) is 0 Å². The van der Waals surface area contributed by atoms with E-state index in [4.69, 9.17) is 4.52 Å². The molecule has 62 valence electrons. The van der Waals surface area contributed by atoms with Gasteiger partial charge in [0.15, 0.2) is 5.76 Å². The van der Waals surface area contributed by atoms with Crippen LogP contribution in [-0.4, -0.2) is 23.6 Å². The summed E-state index contributed by atoms with van der Waals surface area (Å²) in [7, 11) is 2.05. The molecule has 3 heteroatoms. The van der Waals surface area contributed by atoms with Crippen molar-refractivity contribution in [3.8, 4) is 0 Å². The minimum Gasteiger partial charge on any atom is -0.360 e. The second-order valence-electron chi connectivity index (χ2n) is 2.77. The maximum Gasteiger partial charge on any atom is 0.150 e. The molecule has 1 aromatic rings. The van der Waals surface area contributed by atoms with Gasteiger partial charge in [-0.25, -0.2) is 0 Å². The Morgan fingerprint density at radius 2 is 2.36 bits per heavy atom. The summed E-state index contributed by atoms with van der Waals surface area (Å²) in [6.45, 7) is 5.92. The van der Waals surface area contributed by atoms with Gasteiger partial charge in [0, 0.05) is 6.07 Å². The summed E-state index contributed by atoms with van der Waals surface area (Å²) in [6, 6.07) is 1.96. The van der Waals surface area contributed by atoms with E-state index in [1.54, 1.807) is 0 Å². The second kappa shape index (κ2) is 3.53. The molecule has 0 saturated heterocycles. The van der Waals surface area contributed by atoms with Gasteiger partial charge in [0.25, 0.3) is 0 Å². The largest absolute Gasteiger partial charge is 0.360 e. The summed E-state index contributed by atoms with van der Waals surface area (Å²) in [5.41, 5.74) is 0.949. The molecule has 11 heavy (non-hydrogen) atoms. The fourth-order valence-electron chi connectivity index (χ4n) is 0.869. The minimum atomic E-state index is 0.845. The standard InChI is InChI=1S/C8H14N2O/c1-4-10(3)6-8-5-7(2)9-11-8/h5H,4,6H2,1-3H3. The average Bonchev–Trinajstić information content (AvgIpc) is 2.35. The quantitative estimate of drug-likeness (QED) is 0.659. The van der Waals surface area contributed by atoms with Crippen molar-refractivity contribution in [2.75, 3.05) is 13.6 Å². The summed E-state index contributed by atoms with van der Waals surface area (Å²) in [5.74, 6) is 0.937. The van der Waals surface area contributed by atoms with Crippen LogP contribution in [0.15, 0.2) is 10.6 Å². The highest BCUT2D eigenvalue weighted by Crippen LogP contribution is 2.04. The Morgan fingerprint density at radius 1 is 1.64 bits per heavy atom. The van der Waals surface area contributed by atoms with Crippen LogP contribution in [0.4, 0.5) is 0 Å². The van der Waals surface area contributed by atoms with E-state index in [1.165, 1.54) is 0 Å². The molecule has 0 unspecified atom stereocenters. The first-order chi connectivity index (χ1) is 5.22. The molecule has 1 rings (SSSR count). The maximum absolute atomic E-state index is 5.05.